The summed E-state index contributed by atoms with van der Waals surface area (Å²) in [6.45, 7) is 4.37. The first-order valence-electron chi connectivity index (χ1n) is 6.92. The molecule has 20 heavy (non-hydrogen) atoms. The summed E-state index contributed by atoms with van der Waals surface area (Å²) >= 11 is 0. The van der Waals surface area contributed by atoms with Crippen LogP contribution in [0, 0.1) is 0 Å². The number of aliphatic imine (C=N–C) groups is 2. The molecule has 0 saturated heterocycles. The van der Waals surface area contributed by atoms with Gasteiger partial charge in [0.1, 0.15) is 0 Å². The molecule has 100 valence electrons. The summed E-state index contributed by atoms with van der Waals surface area (Å²) in [5, 5.41) is 0. The van der Waals surface area contributed by atoms with Crippen LogP contribution in [-0.4, -0.2) is 12.4 Å². The van der Waals surface area contributed by atoms with Crippen molar-refractivity contribution in [1.29, 1.82) is 0 Å². The van der Waals surface area contributed by atoms with E-state index in [4.69, 9.17) is 0 Å². The van der Waals surface area contributed by atoms with Crippen LogP contribution >= 0.6 is 0 Å². The molecule has 0 aliphatic carbocycles. The summed E-state index contributed by atoms with van der Waals surface area (Å²) in [4.78, 5) is 8.50. The highest BCUT2D eigenvalue weighted by atomic mass is 14.8. The van der Waals surface area contributed by atoms with Gasteiger partial charge in [-0.05, 0) is 23.3 Å². The number of hydrogen-bond acceptors (Lipinski definition) is 2. The van der Waals surface area contributed by atoms with Gasteiger partial charge in [0.15, 0.2) is 0 Å². The van der Waals surface area contributed by atoms with Crippen molar-refractivity contribution >= 4 is 23.8 Å². The maximum absolute atomic E-state index is 4.33. The minimum absolute atomic E-state index is 0.136. The van der Waals surface area contributed by atoms with Gasteiger partial charge in [0.05, 0.1) is 11.4 Å². The van der Waals surface area contributed by atoms with E-state index in [1.165, 1.54) is 11.1 Å². The molecule has 0 bridgehead atoms. The lowest BCUT2D eigenvalue weighted by molar-refractivity contribution is 0.753. The Bertz CT molecular complexity index is 681. The normalized spacial score (nSPS) is 16.3. The van der Waals surface area contributed by atoms with E-state index in [2.05, 4.69) is 48.1 Å². The van der Waals surface area contributed by atoms with Crippen LogP contribution in [0.1, 0.15) is 25.0 Å². The molecule has 0 unspecified atom stereocenters. The molecular weight excluding hydrogens is 244 g/mol. The standard InChI is InChI=1S/C10H11N.C8H7N/c1-10(2)7-11-9-6-4-3-5-8(9)10;1-2-4-8-7(3-1)5-6-9-8/h3-7H,1-2H3;1-4,6H,5H2. The molecule has 0 spiro atoms. The molecule has 0 N–H and O–H groups in total. The van der Waals surface area contributed by atoms with Crippen LogP contribution in [0.3, 0.4) is 0 Å². The van der Waals surface area contributed by atoms with Gasteiger partial charge in [0, 0.05) is 24.3 Å². The highest BCUT2D eigenvalue weighted by Crippen LogP contribution is 2.35. The van der Waals surface area contributed by atoms with Crippen LogP contribution in [0.5, 0.6) is 0 Å². The lowest BCUT2D eigenvalue weighted by atomic mass is 9.87. The summed E-state index contributed by atoms with van der Waals surface area (Å²) in [5.74, 6) is 0. The third-order valence-electron chi connectivity index (χ3n) is 3.66. The van der Waals surface area contributed by atoms with Crippen molar-refractivity contribution in [2.45, 2.75) is 25.7 Å². The van der Waals surface area contributed by atoms with Crippen molar-refractivity contribution in [2.24, 2.45) is 9.98 Å². The topological polar surface area (TPSA) is 24.7 Å². The summed E-state index contributed by atoms with van der Waals surface area (Å²) < 4.78 is 0. The van der Waals surface area contributed by atoms with Crippen molar-refractivity contribution in [3.63, 3.8) is 0 Å². The van der Waals surface area contributed by atoms with Crippen LogP contribution in [-0.2, 0) is 11.8 Å². The van der Waals surface area contributed by atoms with Crippen LogP contribution in [0.4, 0.5) is 11.4 Å². The van der Waals surface area contributed by atoms with Crippen LogP contribution in [0.2, 0.25) is 0 Å². The third kappa shape index (κ3) is 2.42. The van der Waals surface area contributed by atoms with Gasteiger partial charge in [-0.2, -0.15) is 0 Å². The van der Waals surface area contributed by atoms with Gasteiger partial charge in [-0.15, -0.1) is 0 Å². The molecule has 0 atom stereocenters. The molecule has 2 aliphatic rings. The minimum atomic E-state index is 0.136. The predicted molar refractivity (Wildman–Crippen MR) is 85.9 cm³/mol. The maximum atomic E-state index is 4.33. The van der Waals surface area contributed by atoms with Gasteiger partial charge in [0.25, 0.3) is 0 Å². The summed E-state index contributed by atoms with van der Waals surface area (Å²) in [6.07, 6.45) is 4.97. The van der Waals surface area contributed by atoms with E-state index < -0.39 is 0 Å². The first-order chi connectivity index (χ1) is 9.67. The van der Waals surface area contributed by atoms with Crippen molar-refractivity contribution in [3.8, 4) is 0 Å². The fourth-order valence-electron chi connectivity index (χ4n) is 2.48. The second-order valence-corrected chi connectivity index (χ2v) is 5.64. The Morgan fingerprint density at radius 1 is 0.850 bits per heavy atom. The molecule has 2 aromatic rings. The molecule has 0 saturated carbocycles. The Morgan fingerprint density at radius 3 is 2.30 bits per heavy atom. The first-order valence-corrected chi connectivity index (χ1v) is 6.92. The molecular formula is C18H18N2. The van der Waals surface area contributed by atoms with E-state index in [9.17, 15) is 0 Å². The van der Waals surface area contributed by atoms with Crippen LogP contribution in [0.15, 0.2) is 58.5 Å². The van der Waals surface area contributed by atoms with Gasteiger partial charge < -0.3 is 0 Å². The minimum Gasteiger partial charge on any atom is -0.261 e. The maximum Gasteiger partial charge on any atom is 0.0667 e. The van der Waals surface area contributed by atoms with Crippen molar-refractivity contribution in [2.75, 3.05) is 0 Å². The zero-order valence-corrected chi connectivity index (χ0v) is 11.9. The van der Waals surface area contributed by atoms with Crippen molar-refractivity contribution in [3.05, 3.63) is 59.7 Å². The zero-order chi connectivity index (χ0) is 14.0. The number of nitrogens with zero attached hydrogens (tertiary/aromatic N) is 2. The van der Waals surface area contributed by atoms with E-state index in [1.807, 2.05) is 36.7 Å². The Hall–Kier alpha value is -2.22. The van der Waals surface area contributed by atoms with Gasteiger partial charge >= 0.3 is 0 Å². The van der Waals surface area contributed by atoms with E-state index in [0.717, 1.165) is 17.8 Å². The molecule has 0 aromatic heterocycles. The van der Waals surface area contributed by atoms with E-state index >= 15 is 0 Å². The lowest BCUT2D eigenvalue weighted by Gasteiger charge is -2.14. The summed E-state index contributed by atoms with van der Waals surface area (Å²) in [6, 6.07) is 16.5. The van der Waals surface area contributed by atoms with E-state index in [-0.39, 0.29) is 5.41 Å². The Kier molecular flexibility index (Phi) is 3.23. The number of benzene rings is 2. The average Bonchev–Trinajstić information content (AvgIpc) is 3.05. The number of rotatable bonds is 0. The van der Waals surface area contributed by atoms with Gasteiger partial charge in [-0.3, -0.25) is 9.98 Å². The molecule has 2 heterocycles. The molecule has 0 radical (unpaired) electrons. The molecule has 2 nitrogen and oxygen atoms in total. The molecule has 2 heteroatoms. The molecule has 2 aromatic carbocycles. The second kappa shape index (κ2) is 5.04. The Balaban J connectivity index is 0.000000123. The summed E-state index contributed by atoms with van der Waals surface area (Å²) in [5.41, 5.74) is 5.07. The van der Waals surface area contributed by atoms with Crippen molar-refractivity contribution < 1.29 is 0 Å². The fraction of sp³-hybridized carbons (Fsp3) is 0.222. The average molecular weight is 262 g/mol. The Labute approximate surface area is 119 Å². The van der Waals surface area contributed by atoms with E-state index in [1.54, 1.807) is 0 Å². The summed E-state index contributed by atoms with van der Waals surface area (Å²) in [7, 11) is 0. The van der Waals surface area contributed by atoms with E-state index in [0.29, 0.717) is 0 Å². The van der Waals surface area contributed by atoms with Gasteiger partial charge in [-0.1, -0.05) is 50.2 Å². The molecule has 4 rings (SSSR count). The number of hydrogen-bond donors (Lipinski definition) is 0. The highest BCUT2D eigenvalue weighted by molar-refractivity contribution is 5.84. The Morgan fingerprint density at radius 2 is 1.55 bits per heavy atom. The smallest absolute Gasteiger partial charge is 0.0667 e. The lowest BCUT2D eigenvalue weighted by Crippen LogP contribution is -2.14. The van der Waals surface area contributed by atoms with Gasteiger partial charge in [0.2, 0.25) is 0 Å². The second-order valence-electron chi connectivity index (χ2n) is 5.64. The fourth-order valence-corrected chi connectivity index (χ4v) is 2.48. The number of fused-ring (bicyclic) bond motifs is 2. The molecule has 2 aliphatic heterocycles. The van der Waals surface area contributed by atoms with Crippen LogP contribution < -0.4 is 0 Å². The third-order valence-corrected chi connectivity index (χ3v) is 3.66. The highest BCUT2D eigenvalue weighted by Gasteiger charge is 2.25. The predicted octanol–water partition coefficient (Wildman–Crippen LogP) is 4.63. The largest absolute Gasteiger partial charge is 0.261 e. The van der Waals surface area contributed by atoms with Gasteiger partial charge in [-0.25, -0.2) is 0 Å². The first kappa shape index (κ1) is 12.8. The molecule has 0 amide bonds. The van der Waals surface area contributed by atoms with Crippen LogP contribution in [0.25, 0.3) is 0 Å². The van der Waals surface area contributed by atoms with Crippen molar-refractivity contribution in [1.82, 2.24) is 0 Å². The zero-order valence-electron chi connectivity index (χ0n) is 11.9. The quantitative estimate of drug-likeness (QED) is 0.661. The molecule has 0 fully saturated rings. The number of para-hydroxylation sites is 2. The SMILES string of the molecule is C1=Nc2ccccc2C1.CC1(C)C=Nc2ccccc21. The monoisotopic (exact) mass is 262 g/mol.